The van der Waals surface area contributed by atoms with E-state index in [-0.39, 0.29) is 27.2 Å². The van der Waals surface area contributed by atoms with E-state index in [0.29, 0.717) is 5.56 Å². The number of sulfonamides is 1. The van der Waals surface area contributed by atoms with Crippen molar-refractivity contribution in [2.75, 3.05) is 12.8 Å². The molecule has 0 unspecified atom stereocenters. The second-order valence-electron chi connectivity index (χ2n) is 5.71. The van der Waals surface area contributed by atoms with E-state index in [9.17, 15) is 30.0 Å². The first-order valence-electron chi connectivity index (χ1n) is 7.46. The SMILES string of the molecule is CS(=O)(=O)c1ccc(Br)c(S(=O)(=O)NCCc2ccc(C(F)(F)F)cc2)c1. The summed E-state index contributed by atoms with van der Waals surface area (Å²) in [5, 5.41) is 0. The zero-order chi connectivity index (χ0) is 20.5. The number of rotatable bonds is 6. The third-order valence-electron chi connectivity index (χ3n) is 3.61. The van der Waals surface area contributed by atoms with Crippen molar-refractivity contribution in [1.29, 1.82) is 0 Å². The number of sulfone groups is 1. The van der Waals surface area contributed by atoms with Crippen LogP contribution in [0.3, 0.4) is 0 Å². The van der Waals surface area contributed by atoms with Gasteiger partial charge in [-0.25, -0.2) is 21.6 Å². The highest BCUT2D eigenvalue weighted by atomic mass is 79.9. The van der Waals surface area contributed by atoms with Crippen LogP contribution in [0.25, 0.3) is 0 Å². The molecule has 0 spiro atoms. The predicted octanol–water partition coefficient (Wildman–Crippen LogP) is 3.39. The van der Waals surface area contributed by atoms with Gasteiger partial charge in [0.05, 0.1) is 15.4 Å². The maximum atomic E-state index is 12.5. The summed E-state index contributed by atoms with van der Waals surface area (Å²) >= 11 is 3.08. The molecule has 11 heteroatoms. The maximum Gasteiger partial charge on any atom is 0.416 e. The molecule has 0 aliphatic heterocycles. The molecule has 27 heavy (non-hydrogen) atoms. The monoisotopic (exact) mass is 485 g/mol. The van der Waals surface area contributed by atoms with Gasteiger partial charge < -0.3 is 0 Å². The Bertz CT molecular complexity index is 1030. The molecule has 0 saturated heterocycles. The van der Waals surface area contributed by atoms with E-state index in [1.807, 2.05) is 0 Å². The average molecular weight is 486 g/mol. The second-order valence-corrected chi connectivity index (χ2v) is 10.3. The normalized spacial score (nSPS) is 12.9. The first-order valence-corrected chi connectivity index (χ1v) is 11.6. The van der Waals surface area contributed by atoms with E-state index >= 15 is 0 Å². The molecule has 0 aliphatic rings. The Morgan fingerprint density at radius 3 is 2.11 bits per heavy atom. The van der Waals surface area contributed by atoms with Crippen molar-refractivity contribution >= 4 is 35.8 Å². The minimum atomic E-state index is -4.43. The Kier molecular flexibility index (Phi) is 6.40. The number of hydrogen-bond acceptors (Lipinski definition) is 4. The zero-order valence-corrected chi connectivity index (χ0v) is 17.1. The van der Waals surface area contributed by atoms with Crippen molar-refractivity contribution in [3.63, 3.8) is 0 Å². The molecule has 0 aliphatic carbocycles. The summed E-state index contributed by atoms with van der Waals surface area (Å²) in [4.78, 5) is -0.383. The number of hydrogen-bond donors (Lipinski definition) is 1. The van der Waals surface area contributed by atoms with E-state index in [1.165, 1.54) is 24.3 Å². The highest BCUT2D eigenvalue weighted by Crippen LogP contribution is 2.29. The van der Waals surface area contributed by atoms with Gasteiger partial charge in [0.1, 0.15) is 0 Å². The van der Waals surface area contributed by atoms with E-state index in [1.54, 1.807) is 0 Å². The van der Waals surface area contributed by atoms with Crippen LogP contribution in [0.1, 0.15) is 11.1 Å². The molecular weight excluding hydrogens is 471 g/mol. The Morgan fingerprint density at radius 1 is 1.00 bits per heavy atom. The van der Waals surface area contributed by atoms with Crippen molar-refractivity contribution in [2.24, 2.45) is 0 Å². The number of nitrogens with one attached hydrogen (secondary N) is 1. The Morgan fingerprint density at radius 2 is 1.59 bits per heavy atom. The van der Waals surface area contributed by atoms with Gasteiger partial charge in [-0.1, -0.05) is 12.1 Å². The molecule has 148 valence electrons. The van der Waals surface area contributed by atoms with Crippen molar-refractivity contribution in [3.8, 4) is 0 Å². The van der Waals surface area contributed by atoms with Gasteiger partial charge in [0, 0.05) is 17.3 Å². The van der Waals surface area contributed by atoms with Crippen LogP contribution in [0.5, 0.6) is 0 Å². The lowest BCUT2D eigenvalue weighted by molar-refractivity contribution is -0.137. The molecule has 0 saturated carbocycles. The number of halogens is 4. The van der Waals surface area contributed by atoms with Crippen molar-refractivity contribution < 1.29 is 30.0 Å². The van der Waals surface area contributed by atoms with Gasteiger partial charge in [-0.3, -0.25) is 0 Å². The molecule has 0 fully saturated rings. The molecule has 2 rings (SSSR count). The number of benzene rings is 2. The molecular formula is C16H15BrF3NO4S2. The fourth-order valence-corrected chi connectivity index (χ4v) is 4.93. The van der Waals surface area contributed by atoms with Crippen LogP contribution in [-0.2, 0) is 32.5 Å². The molecule has 0 aromatic heterocycles. The Labute approximate surface area is 163 Å². The van der Waals surface area contributed by atoms with E-state index < -0.39 is 31.6 Å². The first-order chi connectivity index (χ1) is 12.3. The number of alkyl halides is 3. The van der Waals surface area contributed by atoms with Gasteiger partial charge in [-0.15, -0.1) is 0 Å². The third kappa shape index (κ3) is 5.77. The molecule has 0 radical (unpaired) electrons. The van der Waals surface area contributed by atoms with Crippen LogP contribution in [-0.4, -0.2) is 29.6 Å². The van der Waals surface area contributed by atoms with Gasteiger partial charge >= 0.3 is 6.18 Å². The summed E-state index contributed by atoms with van der Waals surface area (Å²) in [5.74, 6) is 0. The summed E-state index contributed by atoms with van der Waals surface area (Å²) in [5.41, 5.74) is -0.261. The van der Waals surface area contributed by atoms with Gasteiger partial charge in [-0.2, -0.15) is 13.2 Å². The molecule has 1 N–H and O–H groups in total. The van der Waals surface area contributed by atoms with Crippen molar-refractivity contribution in [1.82, 2.24) is 4.72 Å². The standard InChI is InChI=1S/C16H15BrF3NO4S2/c1-26(22,23)13-6-7-14(17)15(10-13)27(24,25)21-9-8-11-2-4-12(5-3-11)16(18,19)20/h2-7,10,21H,8-9H2,1H3. The predicted molar refractivity (Wildman–Crippen MR) is 97.6 cm³/mol. The van der Waals surface area contributed by atoms with Crippen LogP contribution < -0.4 is 4.72 Å². The quantitative estimate of drug-likeness (QED) is 0.679. The van der Waals surface area contributed by atoms with Crippen LogP contribution in [0.15, 0.2) is 56.7 Å². The second kappa shape index (κ2) is 7.90. The van der Waals surface area contributed by atoms with E-state index in [4.69, 9.17) is 0 Å². The lowest BCUT2D eigenvalue weighted by Gasteiger charge is -2.11. The lowest BCUT2D eigenvalue weighted by Crippen LogP contribution is -2.26. The van der Waals surface area contributed by atoms with E-state index in [0.717, 1.165) is 24.5 Å². The minimum absolute atomic E-state index is 0.0662. The summed E-state index contributed by atoms with van der Waals surface area (Å²) in [6, 6.07) is 8.04. The molecule has 5 nitrogen and oxygen atoms in total. The summed E-state index contributed by atoms with van der Waals surface area (Å²) in [7, 11) is -7.60. The average Bonchev–Trinajstić information content (AvgIpc) is 2.53. The largest absolute Gasteiger partial charge is 0.416 e. The summed E-state index contributed by atoms with van der Waals surface area (Å²) < 4.78 is 88.2. The Hall–Kier alpha value is -1.43. The summed E-state index contributed by atoms with van der Waals surface area (Å²) in [6.45, 7) is -0.0662. The molecule has 0 amide bonds. The van der Waals surface area contributed by atoms with Gasteiger partial charge in [0.15, 0.2) is 9.84 Å². The molecule has 0 atom stereocenters. The fourth-order valence-electron chi connectivity index (χ4n) is 2.19. The molecule has 0 bridgehead atoms. The molecule has 0 heterocycles. The van der Waals surface area contributed by atoms with Crippen LogP contribution in [0, 0.1) is 0 Å². The highest BCUT2D eigenvalue weighted by Gasteiger charge is 2.29. The topological polar surface area (TPSA) is 80.3 Å². The molecule has 2 aromatic rings. The highest BCUT2D eigenvalue weighted by molar-refractivity contribution is 9.10. The first kappa shape index (κ1) is 21.9. The van der Waals surface area contributed by atoms with Gasteiger partial charge in [0.25, 0.3) is 0 Å². The lowest BCUT2D eigenvalue weighted by atomic mass is 10.1. The van der Waals surface area contributed by atoms with Gasteiger partial charge in [-0.05, 0) is 58.2 Å². The third-order valence-corrected chi connectivity index (χ3v) is 7.17. The van der Waals surface area contributed by atoms with E-state index in [2.05, 4.69) is 20.7 Å². The fraction of sp³-hybridized carbons (Fsp3) is 0.250. The Balaban J connectivity index is 2.12. The van der Waals surface area contributed by atoms with Crippen molar-refractivity contribution in [3.05, 3.63) is 58.1 Å². The molecule has 2 aromatic carbocycles. The van der Waals surface area contributed by atoms with Crippen LogP contribution >= 0.6 is 15.9 Å². The van der Waals surface area contributed by atoms with Crippen LogP contribution in [0.2, 0.25) is 0 Å². The smallest absolute Gasteiger partial charge is 0.224 e. The zero-order valence-electron chi connectivity index (χ0n) is 13.9. The summed E-state index contributed by atoms with van der Waals surface area (Å²) in [6.07, 6.45) is -3.30. The minimum Gasteiger partial charge on any atom is -0.224 e. The maximum absolute atomic E-state index is 12.5. The van der Waals surface area contributed by atoms with Gasteiger partial charge in [0.2, 0.25) is 10.0 Å². The van der Waals surface area contributed by atoms with Crippen LogP contribution in [0.4, 0.5) is 13.2 Å². The van der Waals surface area contributed by atoms with Crippen molar-refractivity contribution in [2.45, 2.75) is 22.4 Å².